The second kappa shape index (κ2) is 8.18. The zero-order valence-electron chi connectivity index (χ0n) is 16.8. The molecular weight excluding hydrogens is 386 g/mol. The van der Waals surface area contributed by atoms with Crippen LogP contribution in [0.3, 0.4) is 0 Å². The number of nitrogens with two attached hydrogens (primary N) is 1. The first kappa shape index (κ1) is 20.8. The number of nitrogens with zero attached hydrogens (tertiary/aromatic N) is 1. The lowest BCUT2D eigenvalue weighted by atomic mass is 9.72. The van der Waals surface area contributed by atoms with E-state index < -0.39 is 0 Å². The Morgan fingerprint density at radius 1 is 1.43 bits per heavy atom. The highest BCUT2D eigenvalue weighted by Crippen LogP contribution is 2.44. The van der Waals surface area contributed by atoms with Crippen LogP contribution in [0.1, 0.15) is 50.1 Å². The lowest BCUT2D eigenvalue weighted by Crippen LogP contribution is -2.26. The third-order valence-electron chi connectivity index (χ3n) is 5.38. The molecule has 4 nitrogen and oxygen atoms in total. The molecule has 148 valence electrons. The van der Waals surface area contributed by atoms with Gasteiger partial charge in [-0.3, -0.25) is 4.79 Å². The molecule has 1 aliphatic carbocycles. The lowest BCUT2D eigenvalue weighted by Gasteiger charge is -2.33. The standard InChI is InChI=1S/C22H27N3OS2/c1-13(27-16-7-5-6-15(24)11-16)20(26)25-21-18(12-23)17-9-8-14(22(2,3)4)10-19(17)28-21/h5-7,11,13-14H,8-10,24H2,1-4H3,(H,25,26). The highest BCUT2D eigenvalue weighted by atomic mass is 32.2. The SMILES string of the molecule is CC(Sc1cccc(N)c1)C(=O)Nc1sc2c(c1C#N)CCC(C(C)(C)C)C2. The molecule has 3 rings (SSSR count). The van der Waals surface area contributed by atoms with E-state index >= 15 is 0 Å². The van der Waals surface area contributed by atoms with Crippen molar-refractivity contribution in [2.24, 2.45) is 11.3 Å². The van der Waals surface area contributed by atoms with Crippen molar-refractivity contribution in [1.82, 2.24) is 0 Å². The van der Waals surface area contributed by atoms with Gasteiger partial charge < -0.3 is 11.1 Å². The first-order valence-electron chi connectivity index (χ1n) is 9.56. The van der Waals surface area contributed by atoms with Gasteiger partial charge in [0, 0.05) is 15.5 Å². The number of fused-ring (bicyclic) bond motifs is 1. The van der Waals surface area contributed by atoms with E-state index in [0.29, 0.717) is 22.2 Å². The highest BCUT2D eigenvalue weighted by Gasteiger charge is 2.32. The number of nitrogens with one attached hydrogen (secondary N) is 1. The van der Waals surface area contributed by atoms with E-state index in [0.717, 1.165) is 29.7 Å². The molecule has 0 spiro atoms. The van der Waals surface area contributed by atoms with Gasteiger partial charge >= 0.3 is 0 Å². The molecule has 0 aliphatic heterocycles. The monoisotopic (exact) mass is 413 g/mol. The lowest BCUT2D eigenvalue weighted by molar-refractivity contribution is -0.115. The van der Waals surface area contributed by atoms with Gasteiger partial charge in [0.1, 0.15) is 11.1 Å². The third kappa shape index (κ3) is 4.53. The number of thioether (sulfide) groups is 1. The molecule has 1 aromatic heterocycles. The maximum absolute atomic E-state index is 12.7. The first-order valence-corrected chi connectivity index (χ1v) is 11.3. The van der Waals surface area contributed by atoms with Gasteiger partial charge in [-0.15, -0.1) is 23.1 Å². The van der Waals surface area contributed by atoms with Gasteiger partial charge in [-0.05, 0) is 61.3 Å². The van der Waals surface area contributed by atoms with Crippen LogP contribution in [-0.4, -0.2) is 11.2 Å². The quantitative estimate of drug-likeness (QED) is 0.514. The topological polar surface area (TPSA) is 78.9 Å². The summed E-state index contributed by atoms with van der Waals surface area (Å²) >= 11 is 3.04. The number of amides is 1. The second-order valence-electron chi connectivity index (χ2n) is 8.45. The van der Waals surface area contributed by atoms with Crippen molar-refractivity contribution >= 4 is 39.7 Å². The van der Waals surface area contributed by atoms with Crippen molar-refractivity contribution in [3.63, 3.8) is 0 Å². The van der Waals surface area contributed by atoms with Crippen LogP contribution in [-0.2, 0) is 17.6 Å². The van der Waals surface area contributed by atoms with Crippen molar-refractivity contribution < 1.29 is 4.79 Å². The second-order valence-corrected chi connectivity index (χ2v) is 11.0. The number of thiophene rings is 1. The van der Waals surface area contributed by atoms with Crippen LogP contribution in [0.2, 0.25) is 0 Å². The smallest absolute Gasteiger partial charge is 0.238 e. The van der Waals surface area contributed by atoms with E-state index in [1.807, 2.05) is 31.2 Å². The summed E-state index contributed by atoms with van der Waals surface area (Å²) in [6.07, 6.45) is 3.00. The molecule has 0 bridgehead atoms. The number of carbonyl (C=O) groups excluding carboxylic acids is 1. The zero-order chi connectivity index (χ0) is 20.5. The summed E-state index contributed by atoms with van der Waals surface area (Å²) < 4.78 is 0. The molecule has 6 heteroatoms. The molecule has 28 heavy (non-hydrogen) atoms. The number of nitrogen functional groups attached to an aromatic ring is 1. The van der Waals surface area contributed by atoms with E-state index in [2.05, 4.69) is 32.2 Å². The number of nitriles is 1. The maximum Gasteiger partial charge on any atom is 0.238 e. The molecule has 0 saturated heterocycles. The molecule has 1 aromatic carbocycles. The third-order valence-corrected chi connectivity index (χ3v) is 7.64. The Kier molecular flexibility index (Phi) is 6.07. The molecule has 3 N–H and O–H groups in total. The van der Waals surface area contributed by atoms with Crippen molar-refractivity contribution in [3.8, 4) is 6.07 Å². The molecule has 2 aromatic rings. The minimum Gasteiger partial charge on any atom is -0.399 e. The van der Waals surface area contributed by atoms with Crippen LogP contribution in [0.5, 0.6) is 0 Å². The average Bonchev–Trinajstić information content (AvgIpc) is 2.97. The molecule has 0 saturated carbocycles. The summed E-state index contributed by atoms with van der Waals surface area (Å²) in [7, 11) is 0. The summed E-state index contributed by atoms with van der Waals surface area (Å²) in [6, 6.07) is 9.86. The van der Waals surface area contributed by atoms with Gasteiger partial charge in [0.05, 0.1) is 10.8 Å². The Morgan fingerprint density at radius 2 is 2.18 bits per heavy atom. The van der Waals surface area contributed by atoms with Crippen LogP contribution in [0.15, 0.2) is 29.2 Å². The van der Waals surface area contributed by atoms with E-state index in [1.54, 1.807) is 11.3 Å². The van der Waals surface area contributed by atoms with Crippen molar-refractivity contribution in [1.29, 1.82) is 5.26 Å². The van der Waals surface area contributed by atoms with Crippen molar-refractivity contribution in [2.75, 3.05) is 11.1 Å². The number of benzene rings is 1. The van der Waals surface area contributed by atoms with Crippen LogP contribution in [0.4, 0.5) is 10.7 Å². The largest absolute Gasteiger partial charge is 0.399 e. The number of hydrogen-bond acceptors (Lipinski definition) is 5. The van der Waals surface area contributed by atoms with Gasteiger partial charge in [0.15, 0.2) is 0 Å². The fraction of sp³-hybridized carbons (Fsp3) is 0.455. The molecule has 1 aliphatic rings. The zero-order valence-corrected chi connectivity index (χ0v) is 18.5. The van der Waals surface area contributed by atoms with Gasteiger partial charge in [-0.25, -0.2) is 0 Å². The number of anilines is 2. The normalized spacial score (nSPS) is 17.5. The van der Waals surface area contributed by atoms with E-state index in [9.17, 15) is 10.1 Å². The van der Waals surface area contributed by atoms with Gasteiger partial charge in [0.25, 0.3) is 0 Å². The Bertz CT molecular complexity index is 921. The molecule has 2 unspecified atom stereocenters. The number of carbonyl (C=O) groups is 1. The Hall–Kier alpha value is -1.97. The summed E-state index contributed by atoms with van der Waals surface area (Å²) in [6.45, 7) is 8.70. The minimum atomic E-state index is -0.283. The molecular formula is C22H27N3OS2. The number of rotatable bonds is 4. The molecule has 0 fully saturated rings. The van der Waals surface area contributed by atoms with E-state index in [-0.39, 0.29) is 16.6 Å². The van der Waals surface area contributed by atoms with Gasteiger partial charge in [0.2, 0.25) is 5.91 Å². The summed E-state index contributed by atoms with van der Waals surface area (Å²) in [5.74, 6) is 0.515. The number of hydrogen-bond donors (Lipinski definition) is 2. The molecule has 0 radical (unpaired) electrons. The van der Waals surface area contributed by atoms with Crippen LogP contribution in [0.25, 0.3) is 0 Å². The summed E-state index contributed by atoms with van der Waals surface area (Å²) in [5, 5.41) is 13.1. The van der Waals surface area contributed by atoms with Gasteiger partial charge in [-0.1, -0.05) is 26.8 Å². The van der Waals surface area contributed by atoms with Crippen molar-refractivity contribution in [3.05, 3.63) is 40.3 Å². The predicted molar refractivity (Wildman–Crippen MR) is 119 cm³/mol. The predicted octanol–water partition coefficient (Wildman–Crippen LogP) is 5.47. The summed E-state index contributed by atoms with van der Waals surface area (Å²) in [5.41, 5.74) is 8.55. The van der Waals surface area contributed by atoms with E-state index in [1.165, 1.54) is 16.6 Å². The summed E-state index contributed by atoms with van der Waals surface area (Å²) in [4.78, 5) is 15.0. The fourth-order valence-corrected chi connectivity index (χ4v) is 5.81. The van der Waals surface area contributed by atoms with Crippen LogP contribution >= 0.6 is 23.1 Å². The van der Waals surface area contributed by atoms with E-state index in [4.69, 9.17) is 5.73 Å². The maximum atomic E-state index is 12.7. The van der Waals surface area contributed by atoms with Crippen molar-refractivity contribution in [2.45, 2.75) is 57.1 Å². The average molecular weight is 414 g/mol. The fourth-order valence-electron chi connectivity index (χ4n) is 3.59. The van der Waals surface area contributed by atoms with Crippen LogP contribution < -0.4 is 11.1 Å². The Labute approximate surface area is 175 Å². The molecule has 2 atom stereocenters. The Balaban J connectivity index is 1.75. The molecule has 1 heterocycles. The Morgan fingerprint density at radius 3 is 2.82 bits per heavy atom. The first-order chi connectivity index (χ1) is 13.2. The van der Waals surface area contributed by atoms with Crippen LogP contribution in [0, 0.1) is 22.7 Å². The van der Waals surface area contributed by atoms with Gasteiger partial charge in [-0.2, -0.15) is 5.26 Å². The minimum absolute atomic E-state index is 0.0881. The molecule has 1 amide bonds. The highest BCUT2D eigenvalue weighted by molar-refractivity contribution is 8.00.